The molecule has 32 heavy (non-hydrogen) atoms. The lowest BCUT2D eigenvalue weighted by Gasteiger charge is -2.45. The van der Waals surface area contributed by atoms with E-state index < -0.39 is 0 Å². The van der Waals surface area contributed by atoms with Gasteiger partial charge in [-0.2, -0.15) is 0 Å². The predicted molar refractivity (Wildman–Crippen MR) is 126 cm³/mol. The Morgan fingerprint density at radius 2 is 1.66 bits per heavy atom. The predicted octanol–water partition coefficient (Wildman–Crippen LogP) is 5.76. The van der Waals surface area contributed by atoms with Crippen LogP contribution in [0.2, 0.25) is 0 Å². The first kappa shape index (κ1) is 22.3. The van der Waals surface area contributed by atoms with Gasteiger partial charge >= 0.3 is 6.09 Å². The summed E-state index contributed by atoms with van der Waals surface area (Å²) in [5.74, 6) is 0.880. The Balaban J connectivity index is 1.52. The minimum Gasteiger partial charge on any atom is -0.444 e. The third-order valence-electron chi connectivity index (χ3n) is 6.53. The average molecular weight is 433 g/mol. The van der Waals surface area contributed by atoms with Crippen molar-refractivity contribution in [3.63, 3.8) is 0 Å². The van der Waals surface area contributed by atoms with Crippen molar-refractivity contribution in [2.24, 2.45) is 10.9 Å². The van der Waals surface area contributed by atoms with Gasteiger partial charge in [0.1, 0.15) is 12.4 Å². The second-order valence-electron chi connectivity index (χ2n) is 9.15. The number of ether oxygens (including phenoxy) is 2. The van der Waals surface area contributed by atoms with Crippen LogP contribution in [0.3, 0.4) is 0 Å². The molecule has 5 heteroatoms. The second kappa shape index (κ2) is 9.29. The van der Waals surface area contributed by atoms with Crippen LogP contribution in [-0.2, 0) is 22.7 Å². The molecule has 3 atom stereocenters. The number of hydrogen-bond donors (Lipinski definition) is 0. The summed E-state index contributed by atoms with van der Waals surface area (Å²) in [6.45, 7) is 9.03. The molecule has 1 aliphatic carbocycles. The zero-order chi connectivity index (χ0) is 22.7. The molecule has 0 bridgehead atoms. The number of rotatable bonds is 6. The van der Waals surface area contributed by atoms with Crippen molar-refractivity contribution < 1.29 is 14.3 Å². The van der Waals surface area contributed by atoms with E-state index in [-0.39, 0.29) is 36.3 Å². The van der Waals surface area contributed by atoms with Crippen molar-refractivity contribution in [2.45, 2.75) is 65.0 Å². The molecule has 0 radical (unpaired) electrons. The number of hydrogen-bond acceptors (Lipinski definition) is 4. The molecule has 0 saturated heterocycles. The molecule has 0 spiro atoms. The topological polar surface area (TPSA) is 51.1 Å². The van der Waals surface area contributed by atoms with Gasteiger partial charge in [-0.1, -0.05) is 66.7 Å². The van der Waals surface area contributed by atoms with Crippen molar-refractivity contribution in [1.29, 1.82) is 0 Å². The Morgan fingerprint density at radius 3 is 2.28 bits per heavy atom. The van der Waals surface area contributed by atoms with E-state index in [1.807, 2.05) is 55.5 Å². The van der Waals surface area contributed by atoms with Crippen LogP contribution in [0.4, 0.5) is 4.79 Å². The number of amides is 1. The molecule has 168 valence electrons. The molecule has 2 aromatic rings. The highest BCUT2D eigenvalue weighted by molar-refractivity contribution is 5.96. The van der Waals surface area contributed by atoms with Gasteiger partial charge in [0.05, 0.1) is 24.3 Å². The van der Waals surface area contributed by atoms with Gasteiger partial charge in [-0.15, -0.1) is 0 Å². The highest BCUT2D eigenvalue weighted by Gasteiger charge is 2.50. The number of allylic oxidation sites excluding steroid dienone is 1. The Kier molecular flexibility index (Phi) is 6.47. The number of carbonyl (C=O) groups is 1. The zero-order valence-corrected chi connectivity index (χ0v) is 19.3. The van der Waals surface area contributed by atoms with Crippen molar-refractivity contribution in [3.8, 4) is 0 Å². The van der Waals surface area contributed by atoms with Crippen LogP contribution in [0.1, 0.15) is 45.2 Å². The lowest BCUT2D eigenvalue weighted by Crippen LogP contribution is -2.57. The van der Waals surface area contributed by atoms with E-state index in [0.29, 0.717) is 12.4 Å². The third kappa shape index (κ3) is 4.63. The smallest absolute Gasteiger partial charge is 0.416 e. The summed E-state index contributed by atoms with van der Waals surface area (Å²) in [5.41, 5.74) is 2.97. The maximum absolute atomic E-state index is 13.2. The number of carbonyl (C=O) groups excluding carboxylic acids is 1. The standard InChI is InChI=1S/C27H32N2O3/c1-19(31-17-21-11-7-5-8-12-21)23-15-16-24-25(23)29(20(2)28-27(24,3)4)26(30)32-18-22-13-9-6-10-14-22/h5-15,19,24-25H,16-18H2,1-4H3/t19-,24+,25-/m0/s1. The molecule has 0 N–H and O–H groups in total. The third-order valence-corrected chi connectivity index (χ3v) is 6.53. The van der Waals surface area contributed by atoms with Crippen LogP contribution in [-0.4, -0.2) is 34.5 Å². The van der Waals surface area contributed by atoms with E-state index in [4.69, 9.17) is 14.5 Å². The summed E-state index contributed by atoms with van der Waals surface area (Å²) >= 11 is 0. The van der Waals surface area contributed by atoms with Crippen molar-refractivity contribution in [3.05, 3.63) is 83.4 Å². The van der Waals surface area contributed by atoms with E-state index in [2.05, 4.69) is 39.0 Å². The van der Waals surface area contributed by atoms with Gasteiger partial charge in [0.2, 0.25) is 0 Å². The minimum atomic E-state index is -0.358. The molecule has 5 nitrogen and oxygen atoms in total. The minimum absolute atomic E-state index is 0.114. The van der Waals surface area contributed by atoms with E-state index >= 15 is 0 Å². The highest BCUT2D eigenvalue weighted by atomic mass is 16.6. The quantitative estimate of drug-likeness (QED) is 0.546. The lowest BCUT2D eigenvalue weighted by molar-refractivity contribution is 0.0544. The van der Waals surface area contributed by atoms with Crippen LogP contribution in [0, 0.1) is 5.92 Å². The average Bonchev–Trinajstić information content (AvgIpc) is 3.23. The van der Waals surface area contributed by atoms with Crippen LogP contribution < -0.4 is 0 Å². The van der Waals surface area contributed by atoms with Gasteiger partial charge in [0, 0.05) is 5.92 Å². The van der Waals surface area contributed by atoms with E-state index in [9.17, 15) is 4.79 Å². The molecular weight excluding hydrogens is 400 g/mol. The normalized spacial score (nSPS) is 22.6. The SMILES string of the molecule is CC1=NC(C)(C)[C@@H]2CC=C([C@H](C)OCc3ccccc3)[C@@H]2N1C(=O)OCc1ccccc1. The summed E-state index contributed by atoms with van der Waals surface area (Å²) in [5, 5.41) is 0. The molecular formula is C27H32N2O3. The van der Waals surface area contributed by atoms with Gasteiger partial charge < -0.3 is 9.47 Å². The summed E-state index contributed by atoms with van der Waals surface area (Å²) in [4.78, 5) is 19.8. The summed E-state index contributed by atoms with van der Waals surface area (Å²) in [7, 11) is 0. The fourth-order valence-electron chi connectivity index (χ4n) is 4.84. The van der Waals surface area contributed by atoms with Crippen LogP contribution >= 0.6 is 0 Å². The molecule has 2 aliphatic rings. The van der Waals surface area contributed by atoms with E-state index in [0.717, 1.165) is 23.1 Å². The van der Waals surface area contributed by atoms with Gasteiger partial charge in [0.15, 0.2) is 0 Å². The largest absolute Gasteiger partial charge is 0.444 e. The van der Waals surface area contributed by atoms with E-state index in [1.54, 1.807) is 4.90 Å². The van der Waals surface area contributed by atoms with Crippen LogP contribution in [0.15, 0.2) is 77.3 Å². The second-order valence-corrected chi connectivity index (χ2v) is 9.15. The van der Waals surface area contributed by atoms with Crippen LogP contribution in [0.25, 0.3) is 0 Å². The molecule has 0 fully saturated rings. The molecule has 0 unspecified atom stereocenters. The number of benzene rings is 2. The number of amidine groups is 1. The van der Waals surface area contributed by atoms with Crippen molar-refractivity contribution in [2.75, 3.05) is 0 Å². The Hall–Kier alpha value is -2.92. The monoisotopic (exact) mass is 432 g/mol. The molecule has 2 aromatic carbocycles. The fourth-order valence-corrected chi connectivity index (χ4v) is 4.84. The first-order valence-corrected chi connectivity index (χ1v) is 11.3. The Labute approximate surface area is 190 Å². The molecule has 0 aromatic heterocycles. The van der Waals surface area contributed by atoms with E-state index in [1.165, 1.54) is 0 Å². The number of fused-ring (bicyclic) bond motifs is 1. The number of nitrogens with zero attached hydrogens (tertiary/aromatic N) is 2. The van der Waals surface area contributed by atoms with Gasteiger partial charge in [0.25, 0.3) is 0 Å². The molecule has 1 amide bonds. The molecule has 1 heterocycles. The summed E-state index contributed by atoms with van der Waals surface area (Å²) in [6, 6.07) is 19.8. The molecule has 4 rings (SSSR count). The van der Waals surface area contributed by atoms with Gasteiger partial charge in [-0.25, -0.2) is 4.79 Å². The highest BCUT2D eigenvalue weighted by Crippen LogP contribution is 2.44. The van der Waals surface area contributed by atoms with Crippen molar-refractivity contribution >= 4 is 11.9 Å². The van der Waals surface area contributed by atoms with Gasteiger partial charge in [-0.05, 0) is 50.8 Å². The molecule has 1 aliphatic heterocycles. The van der Waals surface area contributed by atoms with Crippen molar-refractivity contribution in [1.82, 2.24) is 4.90 Å². The maximum Gasteiger partial charge on any atom is 0.416 e. The summed E-state index contributed by atoms with van der Waals surface area (Å²) < 4.78 is 11.9. The van der Waals surface area contributed by atoms with Crippen LogP contribution in [0.5, 0.6) is 0 Å². The Bertz CT molecular complexity index is 998. The lowest BCUT2D eigenvalue weighted by atomic mass is 9.79. The maximum atomic E-state index is 13.2. The first-order chi connectivity index (χ1) is 15.4. The molecule has 0 saturated carbocycles. The van der Waals surface area contributed by atoms with Gasteiger partial charge in [-0.3, -0.25) is 9.89 Å². The number of aliphatic imine (C=N–C) groups is 1. The first-order valence-electron chi connectivity index (χ1n) is 11.3. The zero-order valence-electron chi connectivity index (χ0n) is 19.3. The summed E-state index contributed by atoms with van der Waals surface area (Å²) in [6.07, 6.45) is 2.63. The fraction of sp³-hybridized carbons (Fsp3) is 0.407. The Morgan fingerprint density at radius 1 is 1.06 bits per heavy atom.